The number of anilines is 1. The summed E-state index contributed by atoms with van der Waals surface area (Å²) >= 11 is 0. The second-order valence-corrected chi connectivity index (χ2v) is 9.08. The first-order valence-corrected chi connectivity index (χ1v) is 11.5. The van der Waals surface area contributed by atoms with Gasteiger partial charge >= 0.3 is 0 Å². The molecule has 3 aromatic heterocycles. The molecule has 0 saturated carbocycles. The number of hydrogen-bond acceptors (Lipinski definition) is 7. The smallest absolute Gasteiger partial charge is 0.257 e. The van der Waals surface area contributed by atoms with Gasteiger partial charge in [-0.1, -0.05) is 62.4 Å². The number of pyridine rings is 2. The van der Waals surface area contributed by atoms with E-state index in [1.54, 1.807) is 12.3 Å². The van der Waals surface area contributed by atoms with E-state index in [4.69, 9.17) is 20.4 Å². The summed E-state index contributed by atoms with van der Waals surface area (Å²) in [4.78, 5) is 18.4. The van der Waals surface area contributed by atoms with Crippen LogP contribution in [0.3, 0.4) is 0 Å². The van der Waals surface area contributed by atoms with Crippen molar-refractivity contribution in [1.82, 2.24) is 19.9 Å². The highest BCUT2D eigenvalue weighted by Gasteiger charge is 2.25. The van der Waals surface area contributed by atoms with E-state index in [0.717, 1.165) is 27.7 Å². The summed E-state index contributed by atoms with van der Waals surface area (Å²) in [5.74, 6) is 0.454. The first-order chi connectivity index (χ1) is 17.4. The zero-order valence-corrected chi connectivity index (χ0v) is 20.0. The monoisotopic (exact) mass is 472 g/mol. The van der Waals surface area contributed by atoms with E-state index < -0.39 is 5.41 Å². The fraction of sp³-hybridized carbons (Fsp3) is 0.138. The largest absolute Gasteiger partial charge is 0.474 e. The number of nitrogen functional groups attached to an aromatic ring is 1. The fourth-order valence-electron chi connectivity index (χ4n) is 3.96. The maximum absolute atomic E-state index is 9.21. The summed E-state index contributed by atoms with van der Waals surface area (Å²) in [6.45, 7) is 4.24. The minimum absolute atomic E-state index is 0.203. The van der Waals surface area contributed by atoms with E-state index in [-0.39, 0.29) is 18.3 Å². The highest BCUT2D eigenvalue weighted by Crippen LogP contribution is 2.35. The molecule has 3 heterocycles. The minimum Gasteiger partial charge on any atom is -0.474 e. The predicted molar refractivity (Wildman–Crippen MR) is 140 cm³/mol. The molecule has 0 unspecified atom stereocenters. The molecule has 5 aromatic rings. The Morgan fingerprint density at radius 3 is 2.47 bits per heavy atom. The molecule has 0 amide bonds. The van der Waals surface area contributed by atoms with Crippen LogP contribution in [0.15, 0.2) is 85.1 Å². The van der Waals surface area contributed by atoms with Crippen LogP contribution in [0.5, 0.6) is 5.88 Å². The SMILES string of the molecule is CC(C)(COc1nc(-c2ccc3ncccc3c2)c(-c2ccccc2)nc1N)c1cccc(C#N)n1. The molecule has 0 fully saturated rings. The third-order valence-electron chi connectivity index (χ3n) is 5.94. The standard InChI is InChI=1S/C29H24N6O/c1-29(2,24-12-6-11-22(17-30)33-24)18-36-28-27(31)34-25(19-8-4-3-5-9-19)26(35-28)21-13-14-23-20(16-21)10-7-15-32-23/h3-16H,18H2,1-2H3,(H2,31,34). The molecule has 176 valence electrons. The summed E-state index contributed by atoms with van der Waals surface area (Å²) < 4.78 is 6.14. The topological polar surface area (TPSA) is 111 Å². The van der Waals surface area contributed by atoms with Gasteiger partial charge in [-0.05, 0) is 30.3 Å². The van der Waals surface area contributed by atoms with Gasteiger partial charge in [-0.15, -0.1) is 0 Å². The second kappa shape index (κ2) is 9.43. The number of nitrogens with zero attached hydrogens (tertiary/aromatic N) is 5. The summed E-state index contributed by atoms with van der Waals surface area (Å²) in [6, 6.07) is 27.2. The molecule has 0 spiro atoms. The predicted octanol–water partition coefficient (Wildman–Crippen LogP) is 5.56. The lowest BCUT2D eigenvalue weighted by molar-refractivity contribution is 0.230. The number of rotatable bonds is 6. The first kappa shape index (κ1) is 22.9. The Morgan fingerprint density at radius 1 is 0.861 bits per heavy atom. The Kier molecular flexibility index (Phi) is 6.01. The summed E-state index contributed by atoms with van der Waals surface area (Å²) in [5.41, 5.74) is 11.0. The lowest BCUT2D eigenvalue weighted by atomic mass is 9.90. The van der Waals surface area contributed by atoms with Crippen molar-refractivity contribution >= 4 is 16.7 Å². The van der Waals surface area contributed by atoms with E-state index in [0.29, 0.717) is 17.1 Å². The molecule has 0 aliphatic rings. The molecule has 0 aliphatic carbocycles. The molecular formula is C29H24N6O. The number of ether oxygens (including phenoxy) is 1. The number of fused-ring (bicyclic) bond motifs is 1. The van der Waals surface area contributed by atoms with Crippen LogP contribution in [0.2, 0.25) is 0 Å². The summed E-state index contributed by atoms with van der Waals surface area (Å²) in [5, 5.41) is 10.2. The molecule has 36 heavy (non-hydrogen) atoms. The van der Waals surface area contributed by atoms with Crippen LogP contribution in [0, 0.1) is 11.3 Å². The summed E-state index contributed by atoms with van der Waals surface area (Å²) in [6.07, 6.45) is 1.77. The molecule has 0 saturated heterocycles. The van der Waals surface area contributed by atoms with Gasteiger partial charge in [-0.3, -0.25) is 4.98 Å². The molecule has 0 atom stereocenters. The molecule has 0 bridgehead atoms. The van der Waals surface area contributed by atoms with Gasteiger partial charge in [-0.25, -0.2) is 15.0 Å². The Labute approximate surface area is 209 Å². The molecule has 7 heteroatoms. The molecule has 2 aromatic carbocycles. The van der Waals surface area contributed by atoms with Crippen LogP contribution in [0.4, 0.5) is 5.82 Å². The molecule has 7 nitrogen and oxygen atoms in total. The van der Waals surface area contributed by atoms with Crippen LogP contribution in [-0.4, -0.2) is 26.5 Å². The van der Waals surface area contributed by atoms with Crippen molar-refractivity contribution in [1.29, 1.82) is 5.26 Å². The number of nitrogens with two attached hydrogens (primary N) is 1. The van der Waals surface area contributed by atoms with E-state index in [1.165, 1.54) is 0 Å². The summed E-state index contributed by atoms with van der Waals surface area (Å²) in [7, 11) is 0. The highest BCUT2D eigenvalue weighted by atomic mass is 16.5. The molecule has 5 rings (SSSR count). The Morgan fingerprint density at radius 2 is 1.67 bits per heavy atom. The van der Waals surface area contributed by atoms with Gasteiger partial charge in [0.25, 0.3) is 5.88 Å². The number of hydrogen-bond donors (Lipinski definition) is 1. The van der Waals surface area contributed by atoms with Gasteiger partial charge in [0.05, 0.1) is 16.9 Å². The quantitative estimate of drug-likeness (QED) is 0.344. The van der Waals surface area contributed by atoms with Crippen LogP contribution < -0.4 is 10.5 Å². The van der Waals surface area contributed by atoms with Crippen molar-refractivity contribution in [3.8, 4) is 34.5 Å². The Balaban J connectivity index is 1.55. The van der Waals surface area contributed by atoms with Gasteiger partial charge in [0.2, 0.25) is 0 Å². The number of benzene rings is 2. The average Bonchev–Trinajstić information content (AvgIpc) is 2.92. The fourth-order valence-corrected chi connectivity index (χ4v) is 3.96. The van der Waals surface area contributed by atoms with E-state index in [2.05, 4.69) is 16.0 Å². The van der Waals surface area contributed by atoms with Crippen molar-refractivity contribution in [2.75, 3.05) is 12.3 Å². The highest BCUT2D eigenvalue weighted by molar-refractivity contribution is 5.87. The van der Waals surface area contributed by atoms with Crippen LogP contribution >= 0.6 is 0 Å². The zero-order valence-electron chi connectivity index (χ0n) is 20.0. The van der Waals surface area contributed by atoms with Crippen molar-refractivity contribution in [3.05, 3.63) is 96.4 Å². The van der Waals surface area contributed by atoms with Crippen molar-refractivity contribution in [3.63, 3.8) is 0 Å². The molecular weight excluding hydrogens is 448 g/mol. The van der Waals surface area contributed by atoms with Crippen molar-refractivity contribution in [2.24, 2.45) is 0 Å². The third-order valence-corrected chi connectivity index (χ3v) is 5.94. The number of nitriles is 1. The molecule has 0 radical (unpaired) electrons. The second-order valence-electron chi connectivity index (χ2n) is 9.08. The van der Waals surface area contributed by atoms with Crippen molar-refractivity contribution < 1.29 is 4.74 Å². The van der Waals surface area contributed by atoms with Crippen molar-refractivity contribution in [2.45, 2.75) is 19.3 Å². The van der Waals surface area contributed by atoms with E-state index >= 15 is 0 Å². The lowest BCUT2D eigenvalue weighted by Gasteiger charge is -2.24. The van der Waals surface area contributed by atoms with Gasteiger partial charge in [-0.2, -0.15) is 5.26 Å². The number of aromatic nitrogens is 4. The third kappa shape index (κ3) is 4.57. The van der Waals surface area contributed by atoms with Crippen LogP contribution in [0.25, 0.3) is 33.4 Å². The van der Waals surface area contributed by atoms with Gasteiger partial charge in [0.15, 0.2) is 5.82 Å². The van der Waals surface area contributed by atoms with E-state index in [9.17, 15) is 5.26 Å². The van der Waals surface area contributed by atoms with Gasteiger partial charge in [0, 0.05) is 28.1 Å². The lowest BCUT2D eigenvalue weighted by Crippen LogP contribution is -2.28. The maximum Gasteiger partial charge on any atom is 0.257 e. The van der Waals surface area contributed by atoms with Gasteiger partial charge < -0.3 is 10.5 Å². The van der Waals surface area contributed by atoms with Crippen LogP contribution in [0.1, 0.15) is 25.2 Å². The molecule has 0 aliphatic heterocycles. The average molecular weight is 473 g/mol. The minimum atomic E-state index is -0.492. The Hall–Kier alpha value is -4.83. The van der Waals surface area contributed by atoms with Crippen LogP contribution in [-0.2, 0) is 5.41 Å². The normalized spacial score (nSPS) is 11.2. The van der Waals surface area contributed by atoms with E-state index in [1.807, 2.05) is 86.6 Å². The molecule has 2 N–H and O–H groups in total. The maximum atomic E-state index is 9.21. The Bertz CT molecular complexity index is 1590. The van der Waals surface area contributed by atoms with Gasteiger partial charge in [0.1, 0.15) is 24.1 Å². The zero-order chi connectivity index (χ0) is 25.1. The first-order valence-electron chi connectivity index (χ1n) is 11.5.